The highest BCUT2D eigenvalue weighted by atomic mass is 32.1. The monoisotopic (exact) mass is 302 g/mol. The number of ether oxygens (including phenoxy) is 1. The molecule has 1 atom stereocenters. The molecule has 0 aliphatic carbocycles. The lowest BCUT2D eigenvalue weighted by atomic mass is 10.1. The van der Waals surface area contributed by atoms with E-state index in [9.17, 15) is 4.79 Å². The molecule has 0 aliphatic rings. The van der Waals surface area contributed by atoms with Crippen molar-refractivity contribution in [2.24, 2.45) is 5.73 Å². The maximum Gasteiger partial charge on any atom is 0.333 e. The predicted molar refractivity (Wildman–Crippen MR) is 82.7 cm³/mol. The van der Waals surface area contributed by atoms with E-state index in [1.54, 1.807) is 0 Å². The number of nitrogens with zero attached hydrogens (tertiary/aromatic N) is 2. The first-order valence-corrected chi connectivity index (χ1v) is 6.54. The van der Waals surface area contributed by atoms with E-state index in [0.717, 1.165) is 5.56 Å². The number of benzene rings is 1. The second-order valence-electron chi connectivity index (χ2n) is 4.16. The fourth-order valence-corrected chi connectivity index (χ4v) is 1.82. The van der Waals surface area contributed by atoms with E-state index in [1.165, 1.54) is 19.5 Å². The van der Waals surface area contributed by atoms with Gasteiger partial charge in [-0.25, -0.2) is 14.8 Å². The molecule has 0 fully saturated rings. The number of carbonyl (C=O) groups excluding carboxylic acids is 1. The van der Waals surface area contributed by atoms with E-state index < -0.39 is 12.0 Å². The topological polar surface area (TPSA) is 90.1 Å². The van der Waals surface area contributed by atoms with Gasteiger partial charge in [0.25, 0.3) is 0 Å². The first kappa shape index (κ1) is 14.9. The summed E-state index contributed by atoms with van der Waals surface area (Å²) in [4.78, 5) is 20.3. The molecule has 0 radical (unpaired) electrons. The predicted octanol–water partition coefficient (Wildman–Crippen LogP) is 1.44. The summed E-state index contributed by atoms with van der Waals surface area (Å²) in [7, 11) is 1.33. The third-order valence-corrected chi connectivity index (χ3v) is 2.98. The third-order valence-electron chi connectivity index (χ3n) is 2.77. The summed E-state index contributed by atoms with van der Waals surface area (Å²) in [6, 6.07) is 8.54. The van der Waals surface area contributed by atoms with Gasteiger partial charge in [0.15, 0.2) is 6.04 Å². The van der Waals surface area contributed by atoms with Crippen molar-refractivity contribution in [2.75, 3.05) is 12.4 Å². The molecule has 2 aromatic rings. The van der Waals surface area contributed by atoms with E-state index in [-0.39, 0.29) is 4.99 Å². The van der Waals surface area contributed by atoms with Gasteiger partial charge in [-0.3, -0.25) is 0 Å². The molecule has 1 aromatic carbocycles. The number of anilines is 1. The van der Waals surface area contributed by atoms with Crippen LogP contribution >= 0.6 is 12.2 Å². The maximum atomic E-state index is 11.9. The highest BCUT2D eigenvalue weighted by Gasteiger charge is 2.21. The van der Waals surface area contributed by atoms with Crippen LogP contribution in [-0.2, 0) is 9.53 Å². The molecule has 7 heteroatoms. The Balaban J connectivity index is 2.23. The van der Waals surface area contributed by atoms with Crippen molar-refractivity contribution in [1.29, 1.82) is 0 Å². The average Bonchev–Trinajstić information content (AvgIpc) is 2.53. The van der Waals surface area contributed by atoms with Crippen LogP contribution in [0.4, 0.5) is 5.82 Å². The maximum absolute atomic E-state index is 11.9. The number of esters is 1. The van der Waals surface area contributed by atoms with Gasteiger partial charge in [0.1, 0.15) is 16.5 Å². The summed E-state index contributed by atoms with van der Waals surface area (Å²) in [5.41, 5.74) is 6.65. The van der Waals surface area contributed by atoms with Gasteiger partial charge in [0.05, 0.1) is 19.5 Å². The lowest BCUT2D eigenvalue weighted by Gasteiger charge is -2.17. The van der Waals surface area contributed by atoms with Gasteiger partial charge >= 0.3 is 5.97 Å². The second-order valence-corrected chi connectivity index (χ2v) is 4.60. The smallest absolute Gasteiger partial charge is 0.333 e. The number of carbonyl (C=O) groups is 1. The normalized spacial score (nSPS) is 11.5. The van der Waals surface area contributed by atoms with Gasteiger partial charge < -0.3 is 15.8 Å². The fourth-order valence-electron chi connectivity index (χ4n) is 1.72. The summed E-state index contributed by atoms with van der Waals surface area (Å²) in [5, 5.41) is 2.98. The molecule has 1 unspecified atom stereocenters. The first-order valence-electron chi connectivity index (χ1n) is 6.13. The summed E-state index contributed by atoms with van der Waals surface area (Å²) in [6.07, 6.45) is 2.91. The molecule has 21 heavy (non-hydrogen) atoms. The zero-order chi connectivity index (χ0) is 15.2. The van der Waals surface area contributed by atoms with Crippen molar-refractivity contribution in [2.45, 2.75) is 6.04 Å². The van der Waals surface area contributed by atoms with Crippen molar-refractivity contribution < 1.29 is 9.53 Å². The van der Waals surface area contributed by atoms with E-state index in [0.29, 0.717) is 11.5 Å². The van der Waals surface area contributed by atoms with Crippen LogP contribution in [0.1, 0.15) is 17.3 Å². The van der Waals surface area contributed by atoms with Crippen molar-refractivity contribution in [3.05, 3.63) is 54.0 Å². The van der Waals surface area contributed by atoms with Crippen molar-refractivity contribution >= 4 is 29.0 Å². The zero-order valence-corrected chi connectivity index (χ0v) is 12.1. The van der Waals surface area contributed by atoms with Crippen molar-refractivity contribution in [1.82, 2.24) is 9.97 Å². The molecule has 0 saturated heterocycles. The van der Waals surface area contributed by atoms with Crippen LogP contribution in [0.25, 0.3) is 0 Å². The molecule has 0 aliphatic heterocycles. The zero-order valence-electron chi connectivity index (χ0n) is 11.3. The molecular formula is C14H14N4O2S. The molecule has 6 nitrogen and oxygen atoms in total. The number of rotatable bonds is 5. The van der Waals surface area contributed by atoms with Crippen molar-refractivity contribution in [3.63, 3.8) is 0 Å². The number of nitrogens with two attached hydrogens (primary N) is 1. The lowest BCUT2D eigenvalue weighted by Crippen LogP contribution is -2.23. The van der Waals surface area contributed by atoms with E-state index >= 15 is 0 Å². The number of methoxy groups -OCH3 is 1. The molecule has 0 saturated carbocycles. The summed E-state index contributed by atoms with van der Waals surface area (Å²) < 4.78 is 4.81. The number of thiocarbonyl (C=S) groups is 1. The molecule has 108 valence electrons. The van der Waals surface area contributed by atoms with Gasteiger partial charge in [-0.2, -0.15) is 0 Å². The standard InChI is InChI=1S/C14H14N4O2S/c1-20-14(19)12(9-5-3-2-4-6-9)18-11-8-16-10(7-17-11)13(15)21/h2-8,12H,1H3,(H2,15,21)(H,17,18). The third kappa shape index (κ3) is 3.73. The SMILES string of the molecule is COC(=O)C(Nc1cnc(C(N)=S)cn1)c1ccccc1. The van der Waals surface area contributed by atoms with Crippen LogP contribution < -0.4 is 11.1 Å². The summed E-state index contributed by atoms with van der Waals surface area (Å²) in [5.74, 6) is 0.00988. The average molecular weight is 302 g/mol. The Bertz CT molecular complexity index is 631. The van der Waals surface area contributed by atoms with Crippen LogP contribution in [0, 0.1) is 0 Å². The van der Waals surface area contributed by atoms with Gasteiger partial charge in [0, 0.05) is 0 Å². The Kier molecular flexibility index (Phi) is 4.78. The molecule has 0 spiro atoms. The molecule has 1 heterocycles. The van der Waals surface area contributed by atoms with E-state index in [1.807, 2.05) is 30.3 Å². The highest BCUT2D eigenvalue weighted by molar-refractivity contribution is 7.80. The minimum absolute atomic E-state index is 0.168. The van der Waals surface area contributed by atoms with Crippen molar-refractivity contribution in [3.8, 4) is 0 Å². The molecule has 0 amide bonds. The quantitative estimate of drug-likeness (QED) is 0.638. The van der Waals surface area contributed by atoms with Crippen LogP contribution in [0.5, 0.6) is 0 Å². The summed E-state index contributed by atoms with van der Waals surface area (Å²) >= 11 is 4.81. The minimum Gasteiger partial charge on any atom is -0.467 e. The Labute approximate surface area is 127 Å². The van der Waals surface area contributed by atoms with Crippen LogP contribution in [0.2, 0.25) is 0 Å². The molecule has 3 N–H and O–H groups in total. The number of hydrogen-bond donors (Lipinski definition) is 2. The van der Waals surface area contributed by atoms with Gasteiger partial charge in [-0.15, -0.1) is 0 Å². The number of aromatic nitrogens is 2. The number of hydrogen-bond acceptors (Lipinski definition) is 6. The Morgan fingerprint density at radius 2 is 2.00 bits per heavy atom. The highest BCUT2D eigenvalue weighted by Crippen LogP contribution is 2.19. The lowest BCUT2D eigenvalue weighted by molar-refractivity contribution is -0.141. The van der Waals surface area contributed by atoms with Gasteiger partial charge in [-0.05, 0) is 5.56 Å². The van der Waals surface area contributed by atoms with Gasteiger partial charge in [-0.1, -0.05) is 42.5 Å². The summed E-state index contributed by atoms with van der Waals surface area (Å²) in [6.45, 7) is 0. The fraction of sp³-hybridized carbons (Fsp3) is 0.143. The Morgan fingerprint density at radius 3 is 2.52 bits per heavy atom. The molecule has 2 rings (SSSR count). The van der Waals surface area contributed by atoms with Crippen LogP contribution in [0.3, 0.4) is 0 Å². The second kappa shape index (κ2) is 6.76. The first-order chi connectivity index (χ1) is 10.1. The van der Waals surface area contributed by atoms with E-state index in [2.05, 4.69) is 15.3 Å². The number of nitrogens with one attached hydrogen (secondary N) is 1. The molecular weight excluding hydrogens is 288 g/mol. The molecule has 1 aromatic heterocycles. The largest absolute Gasteiger partial charge is 0.467 e. The van der Waals surface area contributed by atoms with E-state index in [4.69, 9.17) is 22.7 Å². The minimum atomic E-state index is -0.666. The Hall–Kier alpha value is -2.54. The van der Waals surface area contributed by atoms with Crippen LogP contribution in [0.15, 0.2) is 42.7 Å². The molecule has 0 bridgehead atoms. The Morgan fingerprint density at radius 1 is 1.29 bits per heavy atom. The van der Waals surface area contributed by atoms with Crippen LogP contribution in [-0.4, -0.2) is 28.0 Å². The van der Waals surface area contributed by atoms with Gasteiger partial charge in [0.2, 0.25) is 0 Å².